The fraction of sp³-hybridized carbons (Fsp3) is 0.263. The zero-order valence-corrected chi connectivity index (χ0v) is 17.2. The largest absolute Gasteiger partial charge is 0.477 e. The molecule has 0 aliphatic carbocycles. The van der Waals surface area contributed by atoms with Gasteiger partial charge in [0.1, 0.15) is 29.4 Å². The number of rotatable bonds is 7. The molecule has 9 nitrogen and oxygen atoms in total. The second-order valence-electron chi connectivity index (χ2n) is 6.63. The predicted octanol–water partition coefficient (Wildman–Crippen LogP) is 1.21. The Morgan fingerprint density at radius 2 is 2.17 bits per heavy atom. The van der Waals surface area contributed by atoms with Crippen molar-refractivity contribution in [1.82, 2.24) is 15.2 Å². The van der Waals surface area contributed by atoms with Crippen molar-refractivity contribution < 1.29 is 23.9 Å². The summed E-state index contributed by atoms with van der Waals surface area (Å²) < 4.78 is 5.16. The molecule has 2 aliphatic rings. The summed E-state index contributed by atoms with van der Waals surface area (Å²) in [6.45, 7) is 0. The number of oxazole rings is 1. The summed E-state index contributed by atoms with van der Waals surface area (Å²) in [7, 11) is 0. The van der Waals surface area contributed by atoms with Crippen LogP contribution in [0.3, 0.4) is 0 Å². The molecule has 11 heteroatoms. The first kappa shape index (κ1) is 20.5. The standard InChI is InChI=1S/C19H18N4O5S2/c20-12(10-4-2-1-3-5-10)15(24)22-13-16(25)23-14(18(26)27)11(8-29-17(13)23)9-30-19-21-6-7-28-19/h1-7,12-13,17H,8-9,20H2,(H,22,24)(H,26,27)/t12?,13?,17-/m0/s1. The Bertz CT molecular complexity index is 996. The molecule has 1 aromatic heterocycles. The number of hydrogen-bond donors (Lipinski definition) is 3. The molecule has 0 saturated carbocycles. The van der Waals surface area contributed by atoms with Crippen LogP contribution in [0.15, 0.2) is 63.7 Å². The summed E-state index contributed by atoms with van der Waals surface area (Å²) in [6.07, 6.45) is 2.94. The van der Waals surface area contributed by atoms with Crippen LogP contribution in [-0.2, 0) is 14.4 Å². The lowest BCUT2D eigenvalue weighted by molar-refractivity contribution is -0.150. The third-order valence-electron chi connectivity index (χ3n) is 4.77. The normalized spacial score (nSPS) is 21.6. The summed E-state index contributed by atoms with van der Waals surface area (Å²) in [4.78, 5) is 42.3. The van der Waals surface area contributed by atoms with Crippen molar-refractivity contribution in [2.75, 3.05) is 11.5 Å². The molecule has 2 amide bonds. The average molecular weight is 447 g/mol. The smallest absolute Gasteiger partial charge is 0.352 e. The van der Waals surface area contributed by atoms with E-state index >= 15 is 0 Å². The highest BCUT2D eigenvalue weighted by Crippen LogP contribution is 2.41. The van der Waals surface area contributed by atoms with E-state index in [0.29, 0.717) is 27.9 Å². The molecule has 156 valence electrons. The predicted molar refractivity (Wildman–Crippen MR) is 110 cm³/mol. The maximum atomic E-state index is 12.7. The maximum Gasteiger partial charge on any atom is 0.352 e. The first-order chi connectivity index (χ1) is 14.5. The minimum absolute atomic E-state index is 0.0411. The minimum Gasteiger partial charge on any atom is -0.477 e. The third-order valence-corrected chi connectivity index (χ3v) is 7.05. The molecule has 2 unspecified atom stereocenters. The van der Waals surface area contributed by atoms with Gasteiger partial charge in [-0.2, -0.15) is 0 Å². The van der Waals surface area contributed by atoms with Gasteiger partial charge in [-0.3, -0.25) is 14.5 Å². The Labute approximate surface area is 180 Å². The van der Waals surface area contributed by atoms with Crippen molar-refractivity contribution >= 4 is 41.3 Å². The van der Waals surface area contributed by atoms with Gasteiger partial charge in [-0.15, -0.1) is 11.8 Å². The highest BCUT2D eigenvalue weighted by Gasteiger charge is 2.54. The van der Waals surface area contributed by atoms with E-state index in [-0.39, 0.29) is 5.70 Å². The van der Waals surface area contributed by atoms with E-state index in [1.807, 2.05) is 6.07 Å². The number of carbonyl (C=O) groups excluding carboxylic acids is 2. The van der Waals surface area contributed by atoms with Gasteiger partial charge in [0.05, 0.1) is 6.20 Å². The van der Waals surface area contributed by atoms with E-state index in [1.165, 1.54) is 40.9 Å². The molecule has 3 atom stereocenters. The molecular formula is C19H18N4O5S2. The Morgan fingerprint density at radius 3 is 2.83 bits per heavy atom. The fourth-order valence-corrected chi connectivity index (χ4v) is 5.55. The number of aromatic nitrogens is 1. The molecule has 2 aliphatic heterocycles. The van der Waals surface area contributed by atoms with Gasteiger partial charge in [0, 0.05) is 11.5 Å². The molecule has 0 spiro atoms. The molecule has 0 bridgehead atoms. The first-order valence-electron chi connectivity index (χ1n) is 9.00. The first-order valence-corrected chi connectivity index (χ1v) is 11.0. The van der Waals surface area contributed by atoms with Crippen LogP contribution >= 0.6 is 23.5 Å². The van der Waals surface area contributed by atoms with Gasteiger partial charge in [-0.1, -0.05) is 42.1 Å². The van der Waals surface area contributed by atoms with Crippen molar-refractivity contribution in [1.29, 1.82) is 0 Å². The van der Waals surface area contributed by atoms with Crippen LogP contribution in [0.5, 0.6) is 0 Å². The molecule has 0 radical (unpaired) electrons. The number of thioether (sulfide) groups is 2. The number of aliphatic carboxylic acids is 1. The van der Waals surface area contributed by atoms with Crippen molar-refractivity contribution in [2.24, 2.45) is 5.73 Å². The second kappa shape index (κ2) is 8.54. The molecular weight excluding hydrogens is 428 g/mol. The molecule has 4 N–H and O–H groups in total. The molecule has 3 heterocycles. The highest BCUT2D eigenvalue weighted by molar-refractivity contribution is 8.01. The van der Waals surface area contributed by atoms with Gasteiger partial charge >= 0.3 is 5.97 Å². The van der Waals surface area contributed by atoms with Gasteiger partial charge in [0.15, 0.2) is 0 Å². The van der Waals surface area contributed by atoms with E-state index in [2.05, 4.69) is 10.3 Å². The number of carboxylic acids is 1. The second-order valence-corrected chi connectivity index (χ2v) is 8.66. The molecule has 1 aromatic carbocycles. The number of benzene rings is 1. The van der Waals surface area contributed by atoms with E-state index in [9.17, 15) is 19.5 Å². The fourth-order valence-electron chi connectivity index (χ4n) is 3.28. The van der Waals surface area contributed by atoms with Crippen molar-refractivity contribution in [3.8, 4) is 0 Å². The summed E-state index contributed by atoms with van der Waals surface area (Å²) in [6, 6.07) is 7.11. The number of nitrogens with zero attached hydrogens (tertiary/aromatic N) is 2. The van der Waals surface area contributed by atoms with Crippen LogP contribution in [0.4, 0.5) is 0 Å². The van der Waals surface area contributed by atoms with E-state index in [0.717, 1.165) is 0 Å². The average Bonchev–Trinajstić information content (AvgIpc) is 3.28. The van der Waals surface area contributed by atoms with Crippen LogP contribution in [0, 0.1) is 0 Å². The number of carboxylic acid groups (broad SMARTS) is 1. The number of β-lactam (4-membered cyclic amide) rings is 1. The van der Waals surface area contributed by atoms with E-state index in [1.54, 1.807) is 24.3 Å². The number of hydrogen-bond acceptors (Lipinski definition) is 8. The molecule has 1 saturated heterocycles. The highest BCUT2D eigenvalue weighted by atomic mass is 32.2. The molecule has 1 fully saturated rings. The lowest BCUT2D eigenvalue weighted by atomic mass is 10.0. The van der Waals surface area contributed by atoms with E-state index in [4.69, 9.17) is 10.2 Å². The van der Waals surface area contributed by atoms with Crippen LogP contribution in [0.2, 0.25) is 0 Å². The van der Waals surface area contributed by atoms with E-state index < -0.39 is 35.2 Å². The van der Waals surface area contributed by atoms with Crippen molar-refractivity contribution in [2.45, 2.75) is 22.7 Å². The van der Waals surface area contributed by atoms with Crippen LogP contribution in [0.25, 0.3) is 0 Å². The lowest BCUT2D eigenvalue weighted by Gasteiger charge is -2.49. The Kier molecular flexibility index (Phi) is 5.84. The zero-order valence-electron chi connectivity index (χ0n) is 15.6. The summed E-state index contributed by atoms with van der Waals surface area (Å²) in [5, 5.41) is 12.3. The van der Waals surface area contributed by atoms with Crippen LogP contribution in [0.1, 0.15) is 11.6 Å². The number of nitrogens with one attached hydrogen (secondary N) is 1. The van der Waals surface area contributed by atoms with Gasteiger partial charge in [0.25, 0.3) is 11.1 Å². The van der Waals surface area contributed by atoms with Gasteiger partial charge < -0.3 is 20.6 Å². The molecule has 4 rings (SSSR count). The monoisotopic (exact) mass is 446 g/mol. The SMILES string of the molecule is NC(C(=O)NC1C(=O)N2C(C(=O)O)=C(CSc3ncco3)CS[C@@H]12)c1ccccc1. The number of nitrogens with two attached hydrogens (primary N) is 1. The van der Waals surface area contributed by atoms with Crippen molar-refractivity contribution in [3.05, 3.63) is 59.6 Å². The molecule has 30 heavy (non-hydrogen) atoms. The van der Waals surface area contributed by atoms with Gasteiger partial charge in [0.2, 0.25) is 5.91 Å². The van der Waals surface area contributed by atoms with Crippen molar-refractivity contribution in [3.63, 3.8) is 0 Å². The topological polar surface area (TPSA) is 139 Å². The Hall–Kier alpha value is -2.76. The Morgan fingerprint density at radius 1 is 1.40 bits per heavy atom. The minimum atomic E-state index is -1.18. The zero-order chi connectivity index (χ0) is 21.3. The third kappa shape index (κ3) is 3.83. The Balaban J connectivity index is 1.46. The van der Waals surface area contributed by atoms with Gasteiger partial charge in [-0.25, -0.2) is 9.78 Å². The summed E-state index contributed by atoms with van der Waals surface area (Å²) in [5.74, 6) is -1.37. The summed E-state index contributed by atoms with van der Waals surface area (Å²) in [5.41, 5.74) is 7.19. The number of amides is 2. The number of fused-ring (bicyclic) bond motifs is 1. The molecule has 2 aromatic rings. The van der Waals surface area contributed by atoms with Crippen LogP contribution in [-0.4, -0.2) is 55.7 Å². The summed E-state index contributed by atoms with van der Waals surface area (Å²) >= 11 is 2.66. The quantitative estimate of drug-likeness (QED) is 0.423. The van der Waals surface area contributed by atoms with Gasteiger partial charge in [-0.05, 0) is 11.1 Å². The lowest BCUT2D eigenvalue weighted by Crippen LogP contribution is -2.71. The maximum absolute atomic E-state index is 12.7. The number of carbonyl (C=O) groups is 3. The van der Waals surface area contributed by atoms with Crippen LogP contribution < -0.4 is 11.1 Å².